The van der Waals surface area contributed by atoms with Gasteiger partial charge < -0.3 is 19.9 Å². The molecule has 2 N–H and O–H groups in total. The normalized spacial score (nSPS) is 11.9. The van der Waals surface area contributed by atoms with Crippen molar-refractivity contribution >= 4 is 34.4 Å². The summed E-state index contributed by atoms with van der Waals surface area (Å²) in [5.74, 6) is -0.777. The number of esters is 1. The van der Waals surface area contributed by atoms with Crippen LogP contribution in [0.15, 0.2) is 66.7 Å². The van der Waals surface area contributed by atoms with Crippen LogP contribution >= 0.6 is 0 Å². The third-order valence-electron chi connectivity index (χ3n) is 4.33. The lowest BCUT2D eigenvalue weighted by Crippen LogP contribution is -2.29. The molecule has 0 saturated carbocycles. The van der Waals surface area contributed by atoms with Crippen LogP contribution in [0.25, 0.3) is 16.8 Å². The van der Waals surface area contributed by atoms with E-state index in [1.165, 1.54) is 32.3 Å². The molecule has 3 aromatic carbocycles. The lowest BCUT2D eigenvalue weighted by Gasteiger charge is -2.14. The number of methoxy groups -OCH3 is 1. The third kappa shape index (κ3) is 4.93. The number of carbonyl (C=O) groups excluding carboxylic acids is 2. The van der Waals surface area contributed by atoms with Crippen molar-refractivity contribution in [1.82, 2.24) is 0 Å². The minimum absolute atomic E-state index is 0.00551. The average molecular weight is 391 g/mol. The van der Waals surface area contributed by atoms with E-state index >= 15 is 0 Å². The molecule has 0 aliphatic heterocycles. The molecule has 3 rings (SSSR count). The summed E-state index contributed by atoms with van der Waals surface area (Å²) in [7, 11) is 1.44. The maximum Gasteiger partial charge on any atom is 0.331 e. The van der Waals surface area contributed by atoms with Crippen LogP contribution in [-0.2, 0) is 14.3 Å². The largest absolute Gasteiger partial charge is 0.504 e. The van der Waals surface area contributed by atoms with Crippen LogP contribution in [0, 0.1) is 0 Å². The van der Waals surface area contributed by atoms with Crippen LogP contribution < -0.4 is 10.1 Å². The van der Waals surface area contributed by atoms with Gasteiger partial charge in [-0.05, 0) is 42.1 Å². The van der Waals surface area contributed by atoms with Crippen LogP contribution in [0.5, 0.6) is 11.5 Å². The number of rotatable bonds is 6. The van der Waals surface area contributed by atoms with E-state index in [0.29, 0.717) is 17.0 Å². The quantitative estimate of drug-likeness (QED) is 0.487. The summed E-state index contributed by atoms with van der Waals surface area (Å²) >= 11 is 0. The zero-order chi connectivity index (χ0) is 20.8. The maximum absolute atomic E-state index is 12.4. The summed E-state index contributed by atoms with van der Waals surface area (Å²) in [6, 6.07) is 18.0. The monoisotopic (exact) mass is 391 g/mol. The Kier molecular flexibility index (Phi) is 6.14. The number of benzene rings is 3. The van der Waals surface area contributed by atoms with Gasteiger partial charge in [-0.3, -0.25) is 4.79 Å². The number of phenols is 1. The molecule has 3 aromatic rings. The van der Waals surface area contributed by atoms with Crippen LogP contribution in [0.4, 0.5) is 5.69 Å². The Morgan fingerprint density at radius 1 is 1.07 bits per heavy atom. The highest BCUT2D eigenvalue weighted by molar-refractivity contribution is 6.04. The molecule has 0 aromatic heterocycles. The summed E-state index contributed by atoms with van der Waals surface area (Å²) in [6.45, 7) is 1.51. The fourth-order valence-corrected chi connectivity index (χ4v) is 2.80. The lowest BCUT2D eigenvalue weighted by molar-refractivity contribution is -0.148. The van der Waals surface area contributed by atoms with Crippen molar-refractivity contribution in [2.75, 3.05) is 12.4 Å². The summed E-state index contributed by atoms with van der Waals surface area (Å²) in [5.41, 5.74) is 1.30. The molecule has 0 fully saturated rings. The molecule has 0 aliphatic rings. The predicted molar refractivity (Wildman–Crippen MR) is 112 cm³/mol. The Hall–Kier alpha value is -3.80. The SMILES string of the molecule is COc1cc(/C=C/C(=O)O[C@H](C)C(=O)Nc2cccc3ccccc23)ccc1O. The number of hydrogen-bond donors (Lipinski definition) is 2. The van der Waals surface area contributed by atoms with Gasteiger partial charge in [0, 0.05) is 17.1 Å². The Bertz CT molecular complexity index is 1070. The van der Waals surface area contributed by atoms with Crippen molar-refractivity contribution in [3.05, 3.63) is 72.3 Å². The fourth-order valence-electron chi connectivity index (χ4n) is 2.80. The molecular formula is C23H21NO5. The molecule has 1 amide bonds. The van der Waals surface area contributed by atoms with Crippen LogP contribution in [0.2, 0.25) is 0 Å². The number of phenolic OH excluding ortho intramolecular Hbond substituents is 1. The van der Waals surface area contributed by atoms with Crippen molar-refractivity contribution in [1.29, 1.82) is 0 Å². The van der Waals surface area contributed by atoms with E-state index in [1.54, 1.807) is 18.2 Å². The van der Waals surface area contributed by atoms with Crippen LogP contribution in [0.3, 0.4) is 0 Å². The molecule has 0 aliphatic carbocycles. The van der Waals surface area contributed by atoms with Gasteiger partial charge in [0.2, 0.25) is 0 Å². The van der Waals surface area contributed by atoms with Gasteiger partial charge in [-0.25, -0.2) is 4.79 Å². The highest BCUT2D eigenvalue weighted by Gasteiger charge is 2.17. The zero-order valence-electron chi connectivity index (χ0n) is 16.1. The average Bonchev–Trinajstić information content (AvgIpc) is 2.73. The zero-order valence-corrected chi connectivity index (χ0v) is 16.1. The van der Waals surface area contributed by atoms with E-state index in [2.05, 4.69) is 5.32 Å². The molecule has 6 nitrogen and oxygen atoms in total. The number of amides is 1. The first-order valence-corrected chi connectivity index (χ1v) is 9.02. The van der Waals surface area contributed by atoms with Crippen molar-refractivity contribution in [3.63, 3.8) is 0 Å². The van der Waals surface area contributed by atoms with E-state index in [1.807, 2.05) is 36.4 Å². The number of aromatic hydroxyl groups is 1. The maximum atomic E-state index is 12.4. The smallest absolute Gasteiger partial charge is 0.331 e. The molecule has 0 saturated heterocycles. The van der Waals surface area contributed by atoms with E-state index in [0.717, 1.165) is 10.8 Å². The summed E-state index contributed by atoms with van der Waals surface area (Å²) in [4.78, 5) is 24.5. The second-order valence-electron chi connectivity index (χ2n) is 6.36. The van der Waals surface area contributed by atoms with Gasteiger partial charge in [-0.1, -0.05) is 42.5 Å². The van der Waals surface area contributed by atoms with E-state index < -0.39 is 18.0 Å². The number of ether oxygens (including phenoxy) is 2. The minimum atomic E-state index is -0.972. The van der Waals surface area contributed by atoms with Gasteiger partial charge in [0.25, 0.3) is 5.91 Å². The highest BCUT2D eigenvalue weighted by Crippen LogP contribution is 2.27. The van der Waals surface area contributed by atoms with Crippen molar-refractivity contribution in [3.8, 4) is 11.5 Å². The van der Waals surface area contributed by atoms with Gasteiger partial charge in [0.15, 0.2) is 17.6 Å². The molecule has 1 atom stereocenters. The van der Waals surface area contributed by atoms with Gasteiger partial charge >= 0.3 is 5.97 Å². The molecule has 29 heavy (non-hydrogen) atoms. The summed E-state index contributed by atoms with van der Waals surface area (Å²) in [5, 5.41) is 14.3. The first kappa shape index (κ1) is 19.9. The number of fused-ring (bicyclic) bond motifs is 1. The highest BCUT2D eigenvalue weighted by atomic mass is 16.5. The number of anilines is 1. The van der Waals surface area contributed by atoms with Crippen molar-refractivity contribution in [2.24, 2.45) is 0 Å². The predicted octanol–water partition coefficient (Wildman–Crippen LogP) is 4.14. The first-order chi connectivity index (χ1) is 14.0. The van der Waals surface area contributed by atoms with Crippen molar-refractivity contribution < 1.29 is 24.2 Å². The second-order valence-corrected chi connectivity index (χ2v) is 6.36. The number of carbonyl (C=O) groups is 2. The summed E-state index contributed by atoms with van der Waals surface area (Å²) < 4.78 is 10.2. The van der Waals surface area contributed by atoms with E-state index in [-0.39, 0.29) is 5.75 Å². The molecule has 0 bridgehead atoms. The van der Waals surface area contributed by atoms with Crippen molar-refractivity contribution in [2.45, 2.75) is 13.0 Å². The molecule has 0 heterocycles. The molecule has 148 valence electrons. The molecule has 0 spiro atoms. The summed E-state index contributed by atoms with van der Waals surface area (Å²) in [6.07, 6.45) is 1.76. The Morgan fingerprint density at radius 3 is 2.62 bits per heavy atom. The Balaban J connectivity index is 1.62. The number of hydrogen-bond acceptors (Lipinski definition) is 5. The topological polar surface area (TPSA) is 84.9 Å². The van der Waals surface area contributed by atoms with E-state index in [4.69, 9.17) is 9.47 Å². The fraction of sp³-hybridized carbons (Fsp3) is 0.130. The third-order valence-corrected chi connectivity index (χ3v) is 4.33. The second kappa shape index (κ2) is 8.93. The minimum Gasteiger partial charge on any atom is -0.504 e. The van der Waals surface area contributed by atoms with Gasteiger partial charge in [-0.15, -0.1) is 0 Å². The molecule has 6 heteroatoms. The van der Waals surface area contributed by atoms with E-state index in [9.17, 15) is 14.7 Å². The number of nitrogens with one attached hydrogen (secondary N) is 1. The molecular weight excluding hydrogens is 370 g/mol. The standard InChI is InChI=1S/C23H21NO5/c1-15(23(27)24-19-9-5-7-17-6-3-4-8-18(17)19)29-22(26)13-11-16-10-12-20(25)21(14-16)28-2/h3-15,25H,1-2H3,(H,24,27)/b13-11+/t15-/m1/s1. The van der Waals surface area contributed by atoms with Gasteiger partial charge in [0.1, 0.15) is 0 Å². The lowest BCUT2D eigenvalue weighted by atomic mass is 10.1. The van der Waals surface area contributed by atoms with Crippen LogP contribution in [-0.4, -0.2) is 30.2 Å². The Morgan fingerprint density at radius 2 is 1.83 bits per heavy atom. The van der Waals surface area contributed by atoms with Gasteiger partial charge in [0.05, 0.1) is 7.11 Å². The molecule has 0 unspecified atom stereocenters. The van der Waals surface area contributed by atoms with Crippen LogP contribution in [0.1, 0.15) is 12.5 Å². The Labute approximate surface area is 168 Å². The molecule has 0 radical (unpaired) electrons. The van der Waals surface area contributed by atoms with Gasteiger partial charge in [-0.2, -0.15) is 0 Å². The first-order valence-electron chi connectivity index (χ1n) is 9.02.